The number of guanidine groups is 1. The molecule has 2 aromatic rings. The molecule has 1 aromatic heterocycles. The van der Waals surface area contributed by atoms with Gasteiger partial charge < -0.3 is 15.5 Å². The van der Waals surface area contributed by atoms with Crippen LogP contribution in [0.1, 0.15) is 27.7 Å². The Kier molecular flexibility index (Phi) is 7.47. The van der Waals surface area contributed by atoms with Crippen molar-refractivity contribution in [2.75, 3.05) is 27.2 Å². The van der Waals surface area contributed by atoms with Gasteiger partial charge >= 0.3 is 0 Å². The number of rotatable bonds is 7. The lowest BCUT2D eigenvalue weighted by Gasteiger charge is -2.13. The van der Waals surface area contributed by atoms with E-state index in [2.05, 4.69) is 34.0 Å². The molecule has 0 spiro atoms. The van der Waals surface area contributed by atoms with Crippen LogP contribution in [0, 0.1) is 0 Å². The molecule has 0 radical (unpaired) electrons. The molecular formula is C19H26N4OS. The van der Waals surface area contributed by atoms with Gasteiger partial charge in [0.05, 0.1) is 6.54 Å². The fourth-order valence-corrected chi connectivity index (χ4v) is 2.97. The zero-order valence-corrected chi connectivity index (χ0v) is 15.9. The highest BCUT2D eigenvalue weighted by Gasteiger charge is 2.08. The largest absolute Gasteiger partial charge is 0.357 e. The molecule has 2 rings (SSSR count). The van der Waals surface area contributed by atoms with Crippen LogP contribution in [0.4, 0.5) is 0 Å². The van der Waals surface area contributed by atoms with Gasteiger partial charge in [-0.2, -0.15) is 0 Å². The van der Waals surface area contributed by atoms with E-state index in [0.29, 0.717) is 6.54 Å². The lowest BCUT2D eigenvalue weighted by atomic mass is 10.1. The third kappa shape index (κ3) is 6.23. The van der Waals surface area contributed by atoms with Crippen LogP contribution >= 0.6 is 11.3 Å². The number of aliphatic imine (C=N–C) groups is 1. The first kappa shape index (κ1) is 19.0. The molecular weight excluding hydrogens is 332 g/mol. The molecule has 134 valence electrons. The van der Waals surface area contributed by atoms with E-state index in [0.717, 1.165) is 36.6 Å². The zero-order valence-electron chi connectivity index (χ0n) is 15.1. The maximum Gasteiger partial charge on any atom is 0.253 e. The lowest BCUT2D eigenvalue weighted by Crippen LogP contribution is -2.38. The van der Waals surface area contributed by atoms with Crippen molar-refractivity contribution in [3.05, 3.63) is 57.8 Å². The van der Waals surface area contributed by atoms with Gasteiger partial charge in [-0.1, -0.05) is 18.2 Å². The van der Waals surface area contributed by atoms with Crippen LogP contribution in [-0.4, -0.2) is 44.0 Å². The van der Waals surface area contributed by atoms with Crippen molar-refractivity contribution in [3.8, 4) is 0 Å². The van der Waals surface area contributed by atoms with Crippen LogP contribution in [-0.2, 0) is 13.0 Å². The summed E-state index contributed by atoms with van der Waals surface area (Å²) < 4.78 is 0. The molecule has 6 heteroatoms. The second-order valence-electron chi connectivity index (χ2n) is 5.85. The quantitative estimate of drug-likeness (QED) is 0.591. The SMILES string of the molecule is CCNC(=NCc1cccs1)NCCc1cccc(C(=O)N(C)C)c1. The fourth-order valence-electron chi connectivity index (χ4n) is 2.34. The number of nitrogens with one attached hydrogen (secondary N) is 2. The molecule has 0 saturated carbocycles. The van der Waals surface area contributed by atoms with Crippen molar-refractivity contribution in [1.82, 2.24) is 15.5 Å². The Morgan fingerprint density at radius 1 is 1.20 bits per heavy atom. The molecule has 0 fully saturated rings. The number of nitrogens with zero attached hydrogens (tertiary/aromatic N) is 2. The first-order valence-electron chi connectivity index (χ1n) is 8.45. The van der Waals surface area contributed by atoms with Gasteiger partial charge in [0.15, 0.2) is 5.96 Å². The first-order chi connectivity index (χ1) is 12.1. The van der Waals surface area contributed by atoms with Crippen LogP contribution in [0.2, 0.25) is 0 Å². The molecule has 1 amide bonds. The Morgan fingerprint density at radius 2 is 2.04 bits per heavy atom. The molecule has 0 unspecified atom stereocenters. The summed E-state index contributed by atoms with van der Waals surface area (Å²) >= 11 is 1.71. The van der Waals surface area contributed by atoms with Crippen LogP contribution in [0.3, 0.4) is 0 Å². The topological polar surface area (TPSA) is 56.7 Å². The van der Waals surface area contributed by atoms with Crippen LogP contribution in [0.25, 0.3) is 0 Å². The second-order valence-corrected chi connectivity index (χ2v) is 6.88. The monoisotopic (exact) mass is 358 g/mol. The predicted molar refractivity (Wildman–Crippen MR) is 105 cm³/mol. The van der Waals surface area contributed by atoms with E-state index in [4.69, 9.17) is 0 Å². The maximum atomic E-state index is 12.0. The fraction of sp³-hybridized carbons (Fsp3) is 0.368. The van der Waals surface area contributed by atoms with Crippen molar-refractivity contribution < 1.29 is 4.79 Å². The summed E-state index contributed by atoms with van der Waals surface area (Å²) in [4.78, 5) is 19.5. The van der Waals surface area contributed by atoms with Crippen LogP contribution in [0.15, 0.2) is 46.8 Å². The predicted octanol–water partition coefficient (Wildman–Crippen LogP) is 2.75. The van der Waals surface area contributed by atoms with Gasteiger partial charge in [0, 0.05) is 37.6 Å². The minimum atomic E-state index is 0.0284. The van der Waals surface area contributed by atoms with Crippen molar-refractivity contribution in [1.29, 1.82) is 0 Å². The van der Waals surface area contributed by atoms with Gasteiger partial charge in [0.2, 0.25) is 0 Å². The van der Waals surface area contributed by atoms with Gasteiger partial charge in [-0.25, -0.2) is 4.99 Å². The average Bonchev–Trinajstić information content (AvgIpc) is 3.12. The summed E-state index contributed by atoms with van der Waals surface area (Å²) in [5, 5.41) is 8.67. The third-order valence-corrected chi connectivity index (χ3v) is 4.46. The molecule has 0 bridgehead atoms. The summed E-state index contributed by atoms with van der Waals surface area (Å²) in [6.45, 7) is 4.32. The minimum Gasteiger partial charge on any atom is -0.357 e. The number of carbonyl (C=O) groups is 1. The van der Waals surface area contributed by atoms with E-state index >= 15 is 0 Å². The molecule has 0 aliphatic carbocycles. The standard InChI is InChI=1S/C19H26N4OS/c1-4-20-19(22-14-17-9-6-12-25-17)21-11-10-15-7-5-8-16(13-15)18(24)23(2)3/h5-9,12-13H,4,10-11,14H2,1-3H3,(H2,20,21,22). The van der Waals surface area contributed by atoms with Crippen molar-refractivity contribution in [2.45, 2.75) is 19.9 Å². The highest BCUT2D eigenvalue weighted by molar-refractivity contribution is 7.09. The maximum absolute atomic E-state index is 12.0. The van der Waals surface area contributed by atoms with Crippen LogP contribution < -0.4 is 10.6 Å². The molecule has 0 atom stereocenters. The Labute approximate surface area is 153 Å². The molecule has 25 heavy (non-hydrogen) atoms. The number of hydrogen-bond donors (Lipinski definition) is 2. The smallest absolute Gasteiger partial charge is 0.253 e. The third-order valence-electron chi connectivity index (χ3n) is 3.60. The van der Waals surface area contributed by atoms with Gasteiger partial charge in [-0.15, -0.1) is 11.3 Å². The summed E-state index contributed by atoms with van der Waals surface area (Å²) in [6.07, 6.45) is 0.831. The Hall–Kier alpha value is -2.34. The van der Waals surface area contributed by atoms with E-state index in [9.17, 15) is 4.79 Å². The van der Waals surface area contributed by atoms with E-state index in [1.54, 1.807) is 30.3 Å². The first-order valence-corrected chi connectivity index (χ1v) is 9.33. The van der Waals surface area contributed by atoms with Gasteiger partial charge in [-0.3, -0.25) is 4.79 Å². The Morgan fingerprint density at radius 3 is 2.72 bits per heavy atom. The average molecular weight is 359 g/mol. The molecule has 0 aliphatic heterocycles. The van der Waals surface area contributed by atoms with Crippen molar-refractivity contribution >= 4 is 23.2 Å². The van der Waals surface area contributed by atoms with Crippen molar-refractivity contribution in [2.24, 2.45) is 4.99 Å². The Bertz CT molecular complexity index is 695. The number of carbonyl (C=O) groups excluding carboxylic acids is 1. The van der Waals surface area contributed by atoms with E-state index in [1.165, 1.54) is 4.88 Å². The Balaban J connectivity index is 1.90. The number of amides is 1. The van der Waals surface area contributed by atoms with Gasteiger partial charge in [-0.05, 0) is 42.5 Å². The zero-order chi connectivity index (χ0) is 18.1. The molecule has 0 aliphatic rings. The second kappa shape index (κ2) is 9.84. The number of thiophene rings is 1. The highest BCUT2D eigenvalue weighted by Crippen LogP contribution is 2.09. The molecule has 2 N–H and O–H groups in total. The van der Waals surface area contributed by atoms with Gasteiger partial charge in [0.1, 0.15) is 0 Å². The summed E-state index contributed by atoms with van der Waals surface area (Å²) in [5.74, 6) is 0.845. The lowest BCUT2D eigenvalue weighted by molar-refractivity contribution is 0.0827. The molecule has 1 heterocycles. The van der Waals surface area contributed by atoms with Gasteiger partial charge in [0.25, 0.3) is 5.91 Å². The number of benzene rings is 1. The molecule has 5 nitrogen and oxygen atoms in total. The summed E-state index contributed by atoms with van der Waals surface area (Å²) in [5.41, 5.74) is 1.86. The van der Waals surface area contributed by atoms with E-state index in [-0.39, 0.29) is 5.91 Å². The molecule has 1 aromatic carbocycles. The van der Waals surface area contributed by atoms with Crippen LogP contribution in [0.5, 0.6) is 0 Å². The minimum absolute atomic E-state index is 0.0284. The normalized spacial score (nSPS) is 11.2. The molecule has 0 saturated heterocycles. The summed E-state index contributed by atoms with van der Waals surface area (Å²) in [6, 6.07) is 11.9. The van der Waals surface area contributed by atoms with Crippen molar-refractivity contribution in [3.63, 3.8) is 0 Å². The summed E-state index contributed by atoms with van der Waals surface area (Å²) in [7, 11) is 3.53. The highest BCUT2D eigenvalue weighted by atomic mass is 32.1. The number of hydrogen-bond acceptors (Lipinski definition) is 3. The van der Waals surface area contributed by atoms with E-state index in [1.807, 2.05) is 30.3 Å². The van der Waals surface area contributed by atoms with E-state index < -0.39 is 0 Å².